The number of ether oxygens (including phenoxy) is 2. The third-order valence-electron chi connectivity index (χ3n) is 4.61. The number of carbonyl (C=O) groups is 1. The standard InChI is InChI=1S/C17H20F3NO3/c18-17(19,20)12-3-1-2-4-13(12)21-16(22)8-6-11-5-7-14-15(9-11)24-10-23-14/h5,7,9,12-13H,1-4,6,8,10H2,(H,21,22)/t12-,13-/m1/s1. The lowest BCUT2D eigenvalue weighted by atomic mass is 9.84. The van der Waals surface area contributed by atoms with Crippen LogP contribution in [0.3, 0.4) is 0 Å². The van der Waals surface area contributed by atoms with Crippen molar-refractivity contribution in [3.63, 3.8) is 0 Å². The molecule has 0 spiro atoms. The van der Waals surface area contributed by atoms with E-state index >= 15 is 0 Å². The molecule has 0 aromatic heterocycles. The zero-order valence-electron chi connectivity index (χ0n) is 13.2. The predicted molar refractivity (Wildman–Crippen MR) is 80.8 cm³/mol. The van der Waals surface area contributed by atoms with E-state index in [1.807, 2.05) is 6.07 Å². The van der Waals surface area contributed by atoms with Gasteiger partial charge in [0.25, 0.3) is 0 Å². The Hall–Kier alpha value is -1.92. The van der Waals surface area contributed by atoms with Crippen LogP contribution >= 0.6 is 0 Å². The lowest BCUT2D eigenvalue weighted by Gasteiger charge is -2.33. The fraction of sp³-hybridized carbons (Fsp3) is 0.588. The average Bonchev–Trinajstić information content (AvgIpc) is 3.00. The van der Waals surface area contributed by atoms with Gasteiger partial charge in [-0.25, -0.2) is 0 Å². The first kappa shape index (κ1) is 16.9. The Bertz CT molecular complexity index is 603. The van der Waals surface area contributed by atoms with Crippen molar-refractivity contribution in [3.8, 4) is 11.5 Å². The third kappa shape index (κ3) is 3.94. The Labute approximate surface area is 138 Å². The van der Waals surface area contributed by atoms with Crippen LogP contribution in [0, 0.1) is 5.92 Å². The minimum atomic E-state index is -4.25. The molecule has 0 unspecified atom stereocenters. The van der Waals surface area contributed by atoms with Crippen LogP contribution in [0.2, 0.25) is 0 Å². The summed E-state index contributed by atoms with van der Waals surface area (Å²) in [5.41, 5.74) is 0.894. The molecule has 1 saturated carbocycles. The van der Waals surface area contributed by atoms with Gasteiger partial charge in [-0.2, -0.15) is 13.2 Å². The van der Waals surface area contributed by atoms with Gasteiger partial charge in [-0.15, -0.1) is 0 Å². The lowest BCUT2D eigenvalue weighted by molar-refractivity contribution is -0.189. The van der Waals surface area contributed by atoms with Gasteiger partial charge in [0.15, 0.2) is 11.5 Å². The van der Waals surface area contributed by atoms with E-state index in [0.717, 1.165) is 12.0 Å². The molecule has 1 heterocycles. The number of rotatable bonds is 4. The fourth-order valence-electron chi connectivity index (χ4n) is 3.33. The van der Waals surface area contributed by atoms with Crippen LogP contribution in [-0.2, 0) is 11.2 Å². The van der Waals surface area contributed by atoms with Crippen LogP contribution in [0.15, 0.2) is 18.2 Å². The molecule has 1 fully saturated rings. The summed E-state index contributed by atoms with van der Waals surface area (Å²) in [5.74, 6) is -0.467. The predicted octanol–water partition coefficient (Wildman–Crippen LogP) is 3.59. The average molecular weight is 343 g/mol. The number of benzene rings is 1. The van der Waals surface area contributed by atoms with Crippen molar-refractivity contribution in [2.75, 3.05) is 6.79 Å². The van der Waals surface area contributed by atoms with E-state index in [0.29, 0.717) is 30.8 Å². The number of halogens is 3. The van der Waals surface area contributed by atoms with E-state index in [4.69, 9.17) is 9.47 Å². The number of fused-ring (bicyclic) bond motifs is 1. The van der Waals surface area contributed by atoms with Crippen molar-refractivity contribution >= 4 is 5.91 Å². The first-order chi connectivity index (χ1) is 11.4. The number of alkyl halides is 3. The van der Waals surface area contributed by atoms with E-state index in [1.54, 1.807) is 12.1 Å². The SMILES string of the molecule is O=C(CCc1ccc2c(c1)OCO2)N[C@@H]1CCCC[C@H]1C(F)(F)F. The number of aryl methyl sites for hydroxylation is 1. The smallest absolute Gasteiger partial charge is 0.393 e. The van der Waals surface area contributed by atoms with Gasteiger partial charge in [0, 0.05) is 12.5 Å². The quantitative estimate of drug-likeness (QED) is 0.909. The van der Waals surface area contributed by atoms with Crippen molar-refractivity contribution in [3.05, 3.63) is 23.8 Å². The molecule has 3 rings (SSSR count). The second kappa shape index (κ2) is 6.91. The van der Waals surface area contributed by atoms with Crippen LogP contribution in [0.1, 0.15) is 37.7 Å². The Morgan fingerprint density at radius 1 is 1.17 bits per heavy atom. The third-order valence-corrected chi connectivity index (χ3v) is 4.61. The summed E-state index contributed by atoms with van der Waals surface area (Å²) < 4.78 is 49.6. The molecular weight excluding hydrogens is 323 g/mol. The molecule has 132 valence electrons. The van der Waals surface area contributed by atoms with Crippen LogP contribution in [0.4, 0.5) is 13.2 Å². The number of amides is 1. The molecule has 4 nitrogen and oxygen atoms in total. The summed E-state index contributed by atoms with van der Waals surface area (Å²) in [5, 5.41) is 2.58. The maximum absolute atomic E-state index is 13.0. The summed E-state index contributed by atoms with van der Waals surface area (Å²) in [6.07, 6.45) is -1.88. The van der Waals surface area contributed by atoms with E-state index in [1.165, 1.54) is 0 Å². The van der Waals surface area contributed by atoms with Crippen LogP contribution in [0.25, 0.3) is 0 Å². The van der Waals surface area contributed by atoms with Crippen molar-refractivity contribution in [1.29, 1.82) is 0 Å². The van der Waals surface area contributed by atoms with E-state index in [9.17, 15) is 18.0 Å². The molecule has 1 amide bonds. The minimum Gasteiger partial charge on any atom is -0.454 e. The van der Waals surface area contributed by atoms with Gasteiger partial charge >= 0.3 is 6.18 Å². The first-order valence-corrected chi connectivity index (χ1v) is 8.18. The van der Waals surface area contributed by atoms with Gasteiger partial charge in [0.05, 0.1) is 5.92 Å². The number of hydrogen-bond donors (Lipinski definition) is 1. The minimum absolute atomic E-state index is 0.0939. The Balaban J connectivity index is 1.53. The second-order valence-corrected chi connectivity index (χ2v) is 6.29. The molecule has 0 bridgehead atoms. The highest BCUT2D eigenvalue weighted by Gasteiger charge is 2.45. The van der Waals surface area contributed by atoms with Crippen LogP contribution in [-0.4, -0.2) is 24.9 Å². The molecular formula is C17H20F3NO3. The fourth-order valence-corrected chi connectivity index (χ4v) is 3.33. The molecule has 2 aliphatic rings. The zero-order valence-corrected chi connectivity index (χ0v) is 13.2. The van der Waals surface area contributed by atoms with Gasteiger partial charge in [-0.05, 0) is 37.0 Å². The Morgan fingerprint density at radius 3 is 2.71 bits per heavy atom. The van der Waals surface area contributed by atoms with Gasteiger partial charge in [-0.1, -0.05) is 18.9 Å². The maximum atomic E-state index is 13.0. The van der Waals surface area contributed by atoms with Gasteiger partial charge < -0.3 is 14.8 Å². The summed E-state index contributed by atoms with van der Waals surface area (Å²) in [6.45, 7) is 0.180. The largest absolute Gasteiger partial charge is 0.454 e. The molecule has 24 heavy (non-hydrogen) atoms. The van der Waals surface area contributed by atoms with Gasteiger partial charge in [-0.3, -0.25) is 4.79 Å². The number of nitrogens with one attached hydrogen (secondary N) is 1. The van der Waals surface area contributed by atoms with Crippen LogP contribution < -0.4 is 14.8 Å². The molecule has 1 N–H and O–H groups in total. The highest BCUT2D eigenvalue weighted by molar-refractivity contribution is 5.76. The zero-order chi connectivity index (χ0) is 17.2. The molecule has 0 saturated heterocycles. The summed E-state index contributed by atoms with van der Waals surface area (Å²) in [6, 6.07) is 4.61. The maximum Gasteiger partial charge on any atom is 0.393 e. The highest BCUT2D eigenvalue weighted by atomic mass is 19.4. The van der Waals surface area contributed by atoms with Crippen molar-refractivity contribution in [1.82, 2.24) is 5.32 Å². The van der Waals surface area contributed by atoms with Crippen molar-refractivity contribution in [2.24, 2.45) is 5.92 Å². The molecule has 2 atom stereocenters. The highest BCUT2D eigenvalue weighted by Crippen LogP contribution is 2.38. The summed E-state index contributed by atoms with van der Waals surface area (Å²) >= 11 is 0. The van der Waals surface area contributed by atoms with Crippen LogP contribution in [0.5, 0.6) is 11.5 Å². The number of carbonyl (C=O) groups excluding carboxylic acids is 1. The molecule has 7 heteroatoms. The molecule has 0 radical (unpaired) electrons. The van der Waals surface area contributed by atoms with E-state index < -0.39 is 18.1 Å². The van der Waals surface area contributed by atoms with E-state index in [-0.39, 0.29) is 25.5 Å². The van der Waals surface area contributed by atoms with Gasteiger partial charge in [0.1, 0.15) is 0 Å². The Morgan fingerprint density at radius 2 is 1.92 bits per heavy atom. The van der Waals surface area contributed by atoms with Crippen molar-refractivity contribution in [2.45, 2.75) is 50.7 Å². The van der Waals surface area contributed by atoms with E-state index in [2.05, 4.69) is 5.32 Å². The molecule has 1 aliphatic carbocycles. The normalized spacial score (nSPS) is 23.1. The summed E-state index contributed by atoms with van der Waals surface area (Å²) in [7, 11) is 0. The lowest BCUT2D eigenvalue weighted by Crippen LogP contribution is -2.47. The Kier molecular flexibility index (Phi) is 4.87. The topological polar surface area (TPSA) is 47.6 Å². The van der Waals surface area contributed by atoms with Crippen molar-refractivity contribution < 1.29 is 27.4 Å². The molecule has 1 aromatic rings. The first-order valence-electron chi connectivity index (χ1n) is 8.18. The van der Waals surface area contributed by atoms with Gasteiger partial charge in [0.2, 0.25) is 12.7 Å². The molecule has 1 aromatic carbocycles. The number of hydrogen-bond acceptors (Lipinski definition) is 3. The second-order valence-electron chi connectivity index (χ2n) is 6.29. The monoisotopic (exact) mass is 343 g/mol. The molecule has 1 aliphatic heterocycles. The summed E-state index contributed by atoms with van der Waals surface area (Å²) in [4.78, 5) is 12.1.